The number of hydrogen-bond donors (Lipinski definition) is 2. The fourth-order valence-corrected chi connectivity index (χ4v) is 3.58. The molecule has 0 bridgehead atoms. The summed E-state index contributed by atoms with van der Waals surface area (Å²) >= 11 is 1.29. The highest BCUT2D eigenvalue weighted by atomic mass is 32.1. The van der Waals surface area contributed by atoms with Gasteiger partial charge in [0, 0.05) is 25.1 Å². The van der Waals surface area contributed by atoms with Crippen LogP contribution in [0.3, 0.4) is 0 Å². The predicted molar refractivity (Wildman–Crippen MR) is 98.0 cm³/mol. The molecule has 0 unspecified atom stereocenters. The van der Waals surface area contributed by atoms with E-state index in [4.69, 9.17) is 0 Å². The number of nitrogens with one attached hydrogen (secondary N) is 2. The maximum absolute atomic E-state index is 12.2. The van der Waals surface area contributed by atoms with Crippen molar-refractivity contribution >= 4 is 34.5 Å². The number of anilines is 1. The van der Waals surface area contributed by atoms with Crippen molar-refractivity contribution in [2.24, 2.45) is 5.92 Å². The summed E-state index contributed by atoms with van der Waals surface area (Å²) in [7, 11) is 0. The number of piperidine rings is 1. The second kappa shape index (κ2) is 7.96. The molecule has 136 valence electrons. The Morgan fingerprint density at radius 3 is 2.50 bits per heavy atom. The predicted octanol–water partition coefficient (Wildman–Crippen LogP) is 2.33. The smallest absolute Gasteiger partial charge is 0.292 e. The molecule has 8 nitrogen and oxygen atoms in total. The number of benzene rings is 1. The lowest BCUT2D eigenvalue weighted by molar-refractivity contribution is -0.384. The minimum Gasteiger partial charge on any atom is -0.366 e. The number of carbonyl (C=O) groups is 2. The van der Waals surface area contributed by atoms with Crippen LogP contribution in [0, 0.1) is 16.0 Å². The molecule has 1 aliphatic heterocycles. The second-order valence-corrected chi connectivity index (χ2v) is 6.88. The van der Waals surface area contributed by atoms with Crippen LogP contribution >= 0.6 is 11.3 Å². The third-order valence-electron chi connectivity index (χ3n) is 4.33. The van der Waals surface area contributed by atoms with Crippen molar-refractivity contribution in [3.63, 3.8) is 0 Å². The number of nitrogens with zero attached hydrogens (tertiary/aromatic N) is 2. The fraction of sp³-hybridized carbons (Fsp3) is 0.294. The summed E-state index contributed by atoms with van der Waals surface area (Å²) in [6.07, 6.45) is 1.12. The van der Waals surface area contributed by atoms with E-state index in [1.54, 1.807) is 35.7 Å². The summed E-state index contributed by atoms with van der Waals surface area (Å²) in [5.41, 5.74) is 5.52. The molecule has 0 saturated carbocycles. The highest BCUT2D eigenvalue weighted by Gasteiger charge is 2.28. The van der Waals surface area contributed by atoms with Gasteiger partial charge in [0.2, 0.25) is 5.91 Å². The minimum absolute atomic E-state index is 0.0682. The zero-order chi connectivity index (χ0) is 18.5. The topological polar surface area (TPSA) is 105 Å². The van der Waals surface area contributed by atoms with Crippen molar-refractivity contribution < 1.29 is 14.5 Å². The number of nitro benzene ring substituents is 1. The van der Waals surface area contributed by atoms with Gasteiger partial charge in [-0.2, -0.15) is 0 Å². The van der Waals surface area contributed by atoms with Crippen LogP contribution in [0.2, 0.25) is 0 Å². The van der Waals surface area contributed by atoms with Crippen molar-refractivity contribution in [1.82, 2.24) is 10.9 Å². The molecule has 0 atom stereocenters. The lowest BCUT2D eigenvalue weighted by Crippen LogP contribution is -2.47. The summed E-state index contributed by atoms with van der Waals surface area (Å²) in [5, 5.41) is 12.9. The first kappa shape index (κ1) is 17.9. The molecule has 2 N–H and O–H groups in total. The van der Waals surface area contributed by atoms with Crippen molar-refractivity contribution in [2.75, 3.05) is 18.0 Å². The van der Waals surface area contributed by atoms with Crippen molar-refractivity contribution in [3.8, 4) is 0 Å². The van der Waals surface area contributed by atoms with Gasteiger partial charge in [-0.25, -0.2) is 0 Å². The average molecular weight is 374 g/mol. The quantitative estimate of drug-likeness (QED) is 0.631. The Labute approximate surface area is 153 Å². The van der Waals surface area contributed by atoms with E-state index in [-0.39, 0.29) is 23.4 Å². The van der Waals surface area contributed by atoms with E-state index in [1.807, 2.05) is 4.90 Å². The monoisotopic (exact) mass is 374 g/mol. The number of para-hydroxylation sites is 2. The van der Waals surface area contributed by atoms with Crippen LogP contribution in [-0.2, 0) is 4.79 Å². The number of hydrogen-bond acceptors (Lipinski definition) is 6. The standard InChI is InChI=1S/C17H18N4O4S/c22-16(18-19-17(23)15-6-3-11-26-15)12-7-9-20(10-8-12)13-4-1-2-5-14(13)21(24)25/h1-6,11-12H,7-10H2,(H,18,22)(H,19,23). The Balaban J connectivity index is 1.53. The van der Waals surface area contributed by atoms with Gasteiger partial charge in [0.05, 0.1) is 9.80 Å². The Kier molecular flexibility index (Phi) is 5.47. The van der Waals surface area contributed by atoms with E-state index in [9.17, 15) is 19.7 Å². The number of rotatable bonds is 4. The third kappa shape index (κ3) is 3.99. The van der Waals surface area contributed by atoms with Crippen LogP contribution in [0.4, 0.5) is 11.4 Å². The Hall–Kier alpha value is -2.94. The molecule has 1 aromatic heterocycles. The van der Waals surface area contributed by atoms with Gasteiger partial charge < -0.3 is 4.90 Å². The van der Waals surface area contributed by atoms with Gasteiger partial charge in [-0.3, -0.25) is 30.6 Å². The van der Waals surface area contributed by atoms with E-state index >= 15 is 0 Å². The first-order valence-electron chi connectivity index (χ1n) is 8.18. The van der Waals surface area contributed by atoms with Crippen LogP contribution in [0.1, 0.15) is 22.5 Å². The van der Waals surface area contributed by atoms with Crippen molar-refractivity contribution in [3.05, 3.63) is 56.8 Å². The summed E-state index contributed by atoms with van der Waals surface area (Å²) in [6.45, 7) is 1.09. The molecule has 3 rings (SSSR count). The highest BCUT2D eigenvalue weighted by Crippen LogP contribution is 2.31. The highest BCUT2D eigenvalue weighted by molar-refractivity contribution is 7.12. The van der Waals surface area contributed by atoms with Crippen LogP contribution in [0.5, 0.6) is 0 Å². The summed E-state index contributed by atoms with van der Waals surface area (Å²) in [4.78, 5) is 37.3. The van der Waals surface area contributed by atoms with Gasteiger partial charge in [0.1, 0.15) is 5.69 Å². The molecule has 0 aliphatic carbocycles. The molecule has 2 heterocycles. The van der Waals surface area contributed by atoms with Gasteiger partial charge >= 0.3 is 0 Å². The molecule has 2 aromatic rings. The summed E-state index contributed by atoms with van der Waals surface area (Å²) in [5.74, 6) is -0.819. The normalized spacial score (nSPS) is 14.7. The molecule has 9 heteroatoms. The van der Waals surface area contributed by atoms with Crippen LogP contribution in [-0.4, -0.2) is 29.8 Å². The maximum atomic E-state index is 12.2. The second-order valence-electron chi connectivity index (χ2n) is 5.93. The molecule has 0 spiro atoms. The molecular formula is C17H18N4O4S. The largest absolute Gasteiger partial charge is 0.366 e. The zero-order valence-electron chi connectivity index (χ0n) is 13.9. The third-order valence-corrected chi connectivity index (χ3v) is 5.20. The molecule has 2 amide bonds. The zero-order valence-corrected chi connectivity index (χ0v) is 14.7. The Morgan fingerprint density at radius 2 is 1.85 bits per heavy atom. The van der Waals surface area contributed by atoms with E-state index < -0.39 is 4.92 Å². The number of carbonyl (C=O) groups excluding carboxylic acids is 2. The van der Waals surface area contributed by atoms with Gasteiger partial charge in [-0.1, -0.05) is 18.2 Å². The number of amides is 2. The summed E-state index contributed by atoms with van der Waals surface area (Å²) < 4.78 is 0. The lowest BCUT2D eigenvalue weighted by atomic mass is 9.95. The van der Waals surface area contributed by atoms with Crippen LogP contribution in [0.25, 0.3) is 0 Å². The Bertz CT molecular complexity index is 801. The molecule has 26 heavy (non-hydrogen) atoms. The van der Waals surface area contributed by atoms with E-state index in [1.165, 1.54) is 17.4 Å². The fourth-order valence-electron chi connectivity index (χ4n) is 2.96. The van der Waals surface area contributed by atoms with Gasteiger partial charge in [0.15, 0.2) is 0 Å². The minimum atomic E-state index is -0.395. The van der Waals surface area contributed by atoms with Crippen LogP contribution in [0.15, 0.2) is 41.8 Å². The van der Waals surface area contributed by atoms with E-state index in [0.29, 0.717) is 36.5 Å². The molecule has 0 radical (unpaired) electrons. The molecule has 1 aromatic carbocycles. The summed E-state index contributed by atoms with van der Waals surface area (Å²) in [6, 6.07) is 10.0. The SMILES string of the molecule is O=C(NNC(=O)C1CCN(c2ccccc2[N+](=O)[O-])CC1)c1cccs1. The Morgan fingerprint density at radius 1 is 1.12 bits per heavy atom. The van der Waals surface area contributed by atoms with Crippen LogP contribution < -0.4 is 15.8 Å². The van der Waals surface area contributed by atoms with E-state index in [0.717, 1.165) is 0 Å². The van der Waals surface area contributed by atoms with E-state index in [2.05, 4.69) is 10.9 Å². The average Bonchev–Trinajstić information content (AvgIpc) is 3.21. The number of thiophene rings is 1. The van der Waals surface area contributed by atoms with Crippen molar-refractivity contribution in [1.29, 1.82) is 0 Å². The van der Waals surface area contributed by atoms with Gasteiger partial charge in [0.25, 0.3) is 11.6 Å². The maximum Gasteiger partial charge on any atom is 0.292 e. The first-order chi connectivity index (χ1) is 12.6. The lowest BCUT2D eigenvalue weighted by Gasteiger charge is -2.32. The number of nitro groups is 1. The molecule has 1 aliphatic rings. The van der Waals surface area contributed by atoms with Gasteiger partial charge in [-0.05, 0) is 30.4 Å². The number of hydrazine groups is 1. The first-order valence-corrected chi connectivity index (χ1v) is 9.06. The van der Waals surface area contributed by atoms with Crippen molar-refractivity contribution in [2.45, 2.75) is 12.8 Å². The molecule has 1 fully saturated rings. The molecular weight excluding hydrogens is 356 g/mol. The molecule has 1 saturated heterocycles. The van der Waals surface area contributed by atoms with Gasteiger partial charge in [-0.15, -0.1) is 11.3 Å².